The van der Waals surface area contributed by atoms with E-state index < -0.39 is 11.8 Å². The summed E-state index contributed by atoms with van der Waals surface area (Å²) in [5.74, 6) is -0.158. The van der Waals surface area contributed by atoms with E-state index in [9.17, 15) is 9.59 Å². The fourth-order valence-corrected chi connectivity index (χ4v) is 3.70. The molecule has 31 heavy (non-hydrogen) atoms. The van der Waals surface area contributed by atoms with Crippen molar-refractivity contribution >= 4 is 40.4 Å². The van der Waals surface area contributed by atoms with Crippen molar-refractivity contribution in [2.24, 2.45) is 0 Å². The van der Waals surface area contributed by atoms with Crippen LogP contribution in [0.4, 0.5) is 11.4 Å². The van der Waals surface area contributed by atoms with Gasteiger partial charge in [0.25, 0.3) is 11.8 Å². The zero-order valence-electron chi connectivity index (χ0n) is 17.2. The minimum atomic E-state index is -0.434. The third-order valence-electron chi connectivity index (χ3n) is 4.97. The van der Waals surface area contributed by atoms with E-state index in [1.54, 1.807) is 24.3 Å². The van der Waals surface area contributed by atoms with E-state index >= 15 is 0 Å². The van der Waals surface area contributed by atoms with E-state index in [2.05, 4.69) is 5.32 Å². The number of amides is 2. The molecule has 3 aromatic rings. The van der Waals surface area contributed by atoms with Crippen molar-refractivity contribution in [1.82, 2.24) is 0 Å². The molecule has 1 aliphatic heterocycles. The average molecular weight is 433 g/mol. The lowest BCUT2D eigenvalue weighted by atomic mass is 10.0. The molecule has 1 aliphatic rings. The molecule has 3 aromatic carbocycles. The van der Waals surface area contributed by atoms with Crippen molar-refractivity contribution in [1.29, 1.82) is 0 Å². The van der Waals surface area contributed by atoms with Gasteiger partial charge in [-0.2, -0.15) is 0 Å². The van der Waals surface area contributed by atoms with Crippen molar-refractivity contribution in [3.8, 4) is 5.75 Å². The van der Waals surface area contributed by atoms with E-state index in [4.69, 9.17) is 16.3 Å². The first kappa shape index (κ1) is 20.7. The van der Waals surface area contributed by atoms with Gasteiger partial charge in [-0.15, -0.1) is 0 Å². The Bertz CT molecular complexity index is 1190. The second-order valence-electron chi connectivity index (χ2n) is 7.08. The van der Waals surface area contributed by atoms with Gasteiger partial charge in [0.05, 0.1) is 17.9 Å². The van der Waals surface area contributed by atoms with Gasteiger partial charge >= 0.3 is 0 Å². The molecule has 2 amide bonds. The van der Waals surface area contributed by atoms with Crippen molar-refractivity contribution in [2.75, 3.05) is 16.8 Å². The fourth-order valence-electron chi connectivity index (χ4n) is 3.54. The highest BCUT2D eigenvalue weighted by Gasteiger charge is 2.40. The molecule has 0 bridgehead atoms. The van der Waals surface area contributed by atoms with Crippen LogP contribution in [0.15, 0.2) is 78.5 Å². The Morgan fingerprint density at radius 3 is 2.45 bits per heavy atom. The topological polar surface area (TPSA) is 58.6 Å². The van der Waals surface area contributed by atoms with Gasteiger partial charge in [-0.05, 0) is 49.2 Å². The van der Waals surface area contributed by atoms with Gasteiger partial charge in [0.2, 0.25) is 0 Å². The Kier molecular flexibility index (Phi) is 5.78. The average Bonchev–Trinajstić information content (AvgIpc) is 3.00. The molecule has 1 N–H and O–H groups in total. The molecule has 1 heterocycles. The highest BCUT2D eigenvalue weighted by Crippen LogP contribution is 2.36. The van der Waals surface area contributed by atoms with Crippen LogP contribution in [0.2, 0.25) is 5.02 Å². The number of halogens is 1. The lowest BCUT2D eigenvalue weighted by Gasteiger charge is -2.18. The first-order valence-corrected chi connectivity index (χ1v) is 10.3. The summed E-state index contributed by atoms with van der Waals surface area (Å²) in [5.41, 5.74) is 3.08. The van der Waals surface area contributed by atoms with Crippen LogP contribution < -0.4 is 15.0 Å². The Morgan fingerprint density at radius 2 is 1.71 bits per heavy atom. The van der Waals surface area contributed by atoms with Gasteiger partial charge in [0.1, 0.15) is 11.4 Å². The zero-order valence-corrected chi connectivity index (χ0v) is 17.9. The molecule has 0 saturated heterocycles. The van der Waals surface area contributed by atoms with Crippen LogP contribution in [0.25, 0.3) is 5.57 Å². The van der Waals surface area contributed by atoms with Crippen LogP contribution in [0, 0.1) is 6.92 Å². The standard InChI is InChI=1S/C25H21ClN2O3/c1-3-31-20-11-7-10-19(15-20)27-23-22(17-8-5-4-6-9-17)24(29)28(25(23)30)21-14-18(26)13-12-16(21)2/h4-15,27H,3H2,1-2H3. The van der Waals surface area contributed by atoms with Crippen molar-refractivity contribution in [3.05, 3.63) is 94.6 Å². The maximum absolute atomic E-state index is 13.5. The SMILES string of the molecule is CCOc1cccc(NC2=C(c3ccccc3)C(=O)N(c3cc(Cl)ccc3C)C2=O)c1. The Morgan fingerprint density at radius 1 is 0.935 bits per heavy atom. The number of ether oxygens (including phenoxy) is 1. The summed E-state index contributed by atoms with van der Waals surface area (Å²) >= 11 is 6.16. The Hall–Kier alpha value is -3.57. The molecule has 0 atom stereocenters. The number of nitrogens with one attached hydrogen (secondary N) is 1. The van der Waals surface area contributed by atoms with E-state index in [-0.39, 0.29) is 5.70 Å². The molecule has 0 radical (unpaired) electrons. The van der Waals surface area contributed by atoms with E-state index in [0.29, 0.717) is 39.9 Å². The van der Waals surface area contributed by atoms with Gasteiger partial charge in [0.15, 0.2) is 0 Å². The highest BCUT2D eigenvalue weighted by atomic mass is 35.5. The van der Waals surface area contributed by atoms with Crippen LogP contribution in [0.3, 0.4) is 0 Å². The summed E-state index contributed by atoms with van der Waals surface area (Å²) < 4.78 is 5.56. The summed E-state index contributed by atoms with van der Waals surface area (Å²) in [6.45, 7) is 4.27. The van der Waals surface area contributed by atoms with Crippen LogP contribution in [-0.4, -0.2) is 18.4 Å². The molecule has 156 valence electrons. The minimum absolute atomic E-state index is 0.212. The van der Waals surface area contributed by atoms with Crippen molar-refractivity contribution in [2.45, 2.75) is 13.8 Å². The molecule has 5 nitrogen and oxygen atoms in total. The summed E-state index contributed by atoms with van der Waals surface area (Å²) in [6, 6.07) is 21.6. The third-order valence-corrected chi connectivity index (χ3v) is 5.21. The number of benzene rings is 3. The number of nitrogens with zero attached hydrogens (tertiary/aromatic N) is 1. The second kappa shape index (κ2) is 8.66. The third kappa shape index (κ3) is 4.05. The Balaban J connectivity index is 1.81. The number of aryl methyl sites for hydroxylation is 1. The fraction of sp³-hybridized carbons (Fsp3) is 0.120. The van der Waals surface area contributed by atoms with Crippen molar-refractivity contribution in [3.63, 3.8) is 0 Å². The largest absolute Gasteiger partial charge is 0.494 e. The lowest BCUT2D eigenvalue weighted by molar-refractivity contribution is -0.120. The molecule has 4 rings (SSSR count). The predicted octanol–water partition coefficient (Wildman–Crippen LogP) is 5.44. The van der Waals surface area contributed by atoms with Gasteiger partial charge < -0.3 is 10.1 Å². The van der Waals surface area contributed by atoms with Crippen LogP contribution >= 0.6 is 11.6 Å². The molecule has 0 unspecified atom stereocenters. The molecule has 0 spiro atoms. The van der Waals surface area contributed by atoms with E-state index in [0.717, 1.165) is 5.56 Å². The molecule has 0 aliphatic carbocycles. The van der Waals surface area contributed by atoms with Crippen LogP contribution in [0.1, 0.15) is 18.1 Å². The predicted molar refractivity (Wildman–Crippen MR) is 123 cm³/mol. The van der Waals surface area contributed by atoms with E-state index in [1.165, 1.54) is 4.90 Å². The number of hydrogen-bond donors (Lipinski definition) is 1. The molecular weight excluding hydrogens is 412 g/mol. The summed E-state index contributed by atoms with van der Waals surface area (Å²) in [6.07, 6.45) is 0. The van der Waals surface area contributed by atoms with Crippen molar-refractivity contribution < 1.29 is 14.3 Å². The first-order valence-electron chi connectivity index (χ1n) is 9.94. The van der Waals surface area contributed by atoms with Crippen LogP contribution in [-0.2, 0) is 9.59 Å². The quantitative estimate of drug-likeness (QED) is 0.526. The van der Waals surface area contributed by atoms with Gasteiger partial charge in [-0.3, -0.25) is 9.59 Å². The maximum atomic E-state index is 13.5. The lowest BCUT2D eigenvalue weighted by Crippen LogP contribution is -2.33. The maximum Gasteiger partial charge on any atom is 0.282 e. The monoisotopic (exact) mass is 432 g/mol. The summed E-state index contributed by atoms with van der Waals surface area (Å²) in [7, 11) is 0. The van der Waals surface area contributed by atoms with E-state index in [1.807, 2.05) is 62.4 Å². The number of imide groups is 1. The molecule has 0 fully saturated rings. The van der Waals surface area contributed by atoms with Gasteiger partial charge in [0, 0.05) is 16.8 Å². The van der Waals surface area contributed by atoms with Gasteiger partial charge in [-0.1, -0.05) is 54.1 Å². The highest BCUT2D eigenvalue weighted by molar-refractivity contribution is 6.46. The number of hydrogen-bond acceptors (Lipinski definition) is 4. The smallest absolute Gasteiger partial charge is 0.282 e. The Labute approximate surface area is 185 Å². The first-order chi connectivity index (χ1) is 15.0. The zero-order chi connectivity index (χ0) is 22.0. The normalized spacial score (nSPS) is 13.7. The molecule has 0 saturated carbocycles. The molecule has 0 aromatic heterocycles. The van der Waals surface area contributed by atoms with Crippen LogP contribution in [0.5, 0.6) is 5.75 Å². The van der Waals surface area contributed by atoms with Gasteiger partial charge in [-0.25, -0.2) is 4.90 Å². The summed E-state index contributed by atoms with van der Waals surface area (Å²) in [5, 5.41) is 3.61. The molecular formula is C25H21ClN2O3. The minimum Gasteiger partial charge on any atom is -0.494 e. The second-order valence-corrected chi connectivity index (χ2v) is 7.51. The number of carbonyl (C=O) groups excluding carboxylic acids is 2. The molecule has 6 heteroatoms. The number of rotatable bonds is 6. The number of carbonyl (C=O) groups is 2. The number of anilines is 2. The summed E-state index contributed by atoms with van der Waals surface area (Å²) in [4.78, 5) is 28.2.